The molecular formula is C14H24N4O2. The van der Waals surface area contributed by atoms with Gasteiger partial charge in [0.15, 0.2) is 5.69 Å². The molecule has 1 aliphatic rings. The molecule has 1 N–H and O–H groups in total. The summed E-state index contributed by atoms with van der Waals surface area (Å²) in [7, 11) is 1.60. The smallest absolute Gasteiger partial charge is 0.273 e. The van der Waals surface area contributed by atoms with E-state index in [1.807, 2.05) is 0 Å². The Balaban J connectivity index is 1.74. The van der Waals surface area contributed by atoms with Crippen LogP contribution >= 0.6 is 0 Å². The maximum atomic E-state index is 11.8. The van der Waals surface area contributed by atoms with Gasteiger partial charge in [-0.25, -0.2) is 0 Å². The van der Waals surface area contributed by atoms with Gasteiger partial charge >= 0.3 is 0 Å². The number of carbonyl (C=O) groups excluding carboxylic acids is 1. The van der Waals surface area contributed by atoms with Crippen molar-refractivity contribution >= 4 is 5.91 Å². The Morgan fingerprint density at radius 2 is 2.25 bits per heavy atom. The zero-order valence-corrected chi connectivity index (χ0v) is 12.2. The number of hydrogen-bond acceptors (Lipinski definition) is 4. The predicted octanol–water partition coefficient (Wildman–Crippen LogP) is 1.62. The summed E-state index contributed by atoms with van der Waals surface area (Å²) < 4.78 is 6.66. The Kier molecular flexibility index (Phi) is 5.98. The summed E-state index contributed by atoms with van der Waals surface area (Å²) in [5.74, 6) is 0.623. The summed E-state index contributed by atoms with van der Waals surface area (Å²) in [5, 5.41) is 10.7. The fraction of sp³-hybridized carbons (Fsp3) is 0.786. The molecule has 6 nitrogen and oxygen atoms in total. The highest BCUT2D eigenvalue weighted by Crippen LogP contribution is 2.26. The molecule has 1 heterocycles. The van der Waals surface area contributed by atoms with Crippen molar-refractivity contribution in [2.45, 2.75) is 45.1 Å². The lowest BCUT2D eigenvalue weighted by Gasteiger charge is -2.20. The van der Waals surface area contributed by atoms with Crippen LogP contribution < -0.4 is 5.32 Å². The number of amides is 1. The Labute approximate surface area is 119 Å². The van der Waals surface area contributed by atoms with E-state index >= 15 is 0 Å². The van der Waals surface area contributed by atoms with Crippen LogP contribution in [-0.4, -0.2) is 41.2 Å². The molecule has 0 aliphatic heterocycles. The number of aromatic nitrogens is 3. The molecule has 112 valence electrons. The first-order chi connectivity index (χ1) is 9.79. The SMILES string of the molecule is COCCNC(=O)c1cn(CCC2CCCCC2)nn1. The number of carbonyl (C=O) groups is 1. The van der Waals surface area contributed by atoms with Gasteiger partial charge < -0.3 is 10.1 Å². The number of hydrogen-bond donors (Lipinski definition) is 1. The summed E-state index contributed by atoms with van der Waals surface area (Å²) in [5.41, 5.74) is 0.379. The third kappa shape index (κ3) is 4.59. The second kappa shape index (κ2) is 7.99. The molecule has 0 aromatic carbocycles. The lowest BCUT2D eigenvalue weighted by atomic mass is 9.87. The van der Waals surface area contributed by atoms with Crippen LogP contribution in [0.4, 0.5) is 0 Å². The average Bonchev–Trinajstić information content (AvgIpc) is 2.95. The van der Waals surface area contributed by atoms with Gasteiger partial charge in [0.05, 0.1) is 12.8 Å². The molecular weight excluding hydrogens is 256 g/mol. The number of methoxy groups -OCH3 is 1. The van der Waals surface area contributed by atoms with Crippen molar-refractivity contribution < 1.29 is 9.53 Å². The van der Waals surface area contributed by atoms with Crippen molar-refractivity contribution in [2.75, 3.05) is 20.3 Å². The van der Waals surface area contributed by atoms with E-state index in [0.29, 0.717) is 18.8 Å². The van der Waals surface area contributed by atoms with Gasteiger partial charge in [-0.1, -0.05) is 37.3 Å². The number of rotatable bonds is 7. The van der Waals surface area contributed by atoms with Crippen LogP contribution in [-0.2, 0) is 11.3 Å². The number of ether oxygens (including phenoxy) is 1. The molecule has 1 aromatic heterocycles. The van der Waals surface area contributed by atoms with Crippen LogP contribution in [0, 0.1) is 5.92 Å². The quantitative estimate of drug-likeness (QED) is 0.771. The summed E-state index contributed by atoms with van der Waals surface area (Å²) in [6, 6.07) is 0. The monoisotopic (exact) mass is 280 g/mol. The highest BCUT2D eigenvalue weighted by atomic mass is 16.5. The molecule has 0 saturated heterocycles. The molecule has 0 spiro atoms. The minimum absolute atomic E-state index is 0.189. The van der Waals surface area contributed by atoms with E-state index in [4.69, 9.17) is 4.74 Å². The van der Waals surface area contributed by atoms with E-state index in [-0.39, 0.29) is 5.91 Å². The van der Waals surface area contributed by atoms with Crippen LogP contribution in [0.25, 0.3) is 0 Å². The van der Waals surface area contributed by atoms with Crippen molar-refractivity contribution in [2.24, 2.45) is 5.92 Å². The van der Waals surface area contributed by atoms with Crippen molar-refractivity contribution in [3.8, 4) is 0 Å². The third-order valence-corrected chi connectivity index (χ3v) is 3.85. The zero-order valence-electron chi connectivity index (χ0n) is 12.2. The van der Waals surface area contributed by atoms with Crippen molar-refractivity contribution in [3.63, 3.8) is 0 Å². The van der Waals surface area contributed by atoms with Gasteiger partial charge in [-0.05, 0) is 12.3 Å². The maximum absolute atomic E-state index is 11.8. The second-order valence-corrected chi connectivity index (χ2v) is 5.41. The molecule has 1 saturated carbocycles. The van der Waals surface area contributed by atoms with Gasteiger partial charge in [0, 0.05) is 20.2 Å². The first-order valence-electron chi connectivity index (χ1n) is 7.47. The molecule has 1 aromatic rings. The van der Waals surface area contributed by atoms with Gasteiger partial charge in [0.1, 0.15) is 0 Å². The normalized spacial score (nSPS) is 16.2. The van der Waals surface area contributed by atoms with E-state index in [9.17, 15) is 4.79 Å². The van der Waals surface area contributed by atoms with Crippen LogP contribution in [0.3, 0.4) is 0 Å². The number of nitrogens with one attached hydrogen (secondary N) is 1. The fourth-order valence-corrected chi connectivity index (χ4v) is 2.66. The molecule has 1 aliphatic carbocycles. The molecule has 0 unspecified atom stereocenters. The third-order valence-electron chi connectivity index (χ3n) is 3.85. The summed E-state index contributed by atoms with van der Waals surface area (Å²) >= 11 is 0. The van der Waals surface area contributed by atoms with Crippen LogP contribution in [0.1, 0.15) is 49.0 Å². The molecule has 6 heteroatoms. The van der Waals surface area contributed by atoms with E-state index < -0.39 is 0 Å². The molecule has 0 radical (unpaired) electrons. The van der Waals surface area contributed by atoms with Crippen LogP contribution in [0.2, 0.25) is 0 Å². The van der Waals surface area contributed by atoms with Gasteiger partial charge in [0.25, 0.3) is 5.91 Å². The summed E-state index contributed by atoms with van der Waals surface area (Å²) in [6.45, 7) is 1.84. The van der Waals surface area contributed by atoms with Crippen LogP contribution in [0.5, 0.6) is 0 Å². The minimum atomic E-state index is -0.189. The van der Waals surface area contributed by atoms with E-state index in [0.717, 1.165) is 18.9 Å². The molecule has 0 atom stereocenters. The van der Waals surface area contributed by atoms with E-state index in [2.05, 4.69) is 15.6 Å². The molecule has 0 bridgehead atoms. The highest BCUT2D eigenvalue weighted by Gasteiger charge is 2.14. The molecule has 1 amide bonds. The van der Waals surface area contributed by atoms with E-state index in [1.54, 1.807) is 18.0 Å². The van der Waals surface area contributed by atoms with E-state index in [1.165, 1.54) is 32.1 Å². The van der Waals surface area contributed by atoms with Crippen molar-refractivity contribution in [3.05, 3.63) is 11.9 Å². The number of aryl methyl sites for hydroxylation is 1. The minimum Gasteiger partial charge on any atom is -0.383 e. The Hall–Kier alpha value is -1.43. The first kappa shape index (κ1) is 15.0. The van der Waals surface area contributed by atoms with Crippen molar-refractivity contribution in [1.29, 1.82) is 0 Å². The highest BCUT2D eigenvalue weighted by molar-refractivity contribution is 5.91. The van der Waals surface area contributed by atoms with Crippen molar-refractivity contribution in [1.82, 2.24) is 20.3 Å². The lowest BCUT2D eigenvalue weighted by Crippen LogP contribution is -2.27. The fourth-order valence-electron chi connectivity index (χ4n) is 2.66. The number of nitrogens with zero attached hydrogens (tertiary/aromatic N) is 3. The van der Waals surface area contributed by atoms with Gasteiger partial charge in [-0.2, -0.15) is 0 Å². The van der Waals surface area contributed by atoms with Gasteiger partial charge in [0.2, 0.25) is 0 Å². The average molecular weight is 280 g/mol. The first-order valence-corrected chi connectivity index (χ1v) is 7.47. The summed E-state index contributed by atoms with van der Waals surface area (Å²) in [4.78, 5) is 11.8. The molecule has 1 fully saturated rings. The lowest BCUT2D eigenvalue weighted by molar-refractivity contribution is 0.0932. The predicted molar refractivity (Wildman–Crippen MR) is 75.4 cm³/mol. The zero-order chi connectivity index (χ0) is 14.2. The van der Waals surface area contributed by atoms with Gasteiger partial charge in [-0.15, -0.1) is 5.10 Å². The topological polar surface area (TPSA) is 69.0 Å². The summed E-state index contributed by atoms with van der Waals surface area (Å²) in [6.07, 6.45) is 9.62. The Bertz CT molecular complexity index is 413. The Morgan fingerprint density at radius 1 is 1.45 bits per heavy atom. The molecule has 2 rings (SSSR count). The standard InChI is InChI=1S/C14H24N4O2/c1-20-10-8-15-14(19)13-11-18(17-16-13)9-7-12-5-3-2-4-6-12/h11-12H,2-10H2,1H3,(H,15,19). The maximum Gasteiger partial charge on any atom is 0.273 e. The molecule has 20 heavy (non-hydrogen) atoms. The Morgan fingerprint density at radius 3 is 3.00 bits per heavy atom. The van der Waals surface area contributed by atoms with Gasteiger partial charge in [-0.3, -0.25) is 9.48 Å². The second-order valence-electron chi connectivity index (χ2n) is 5.41. The van der Waals surface area contributed by atoms with Crippen LogP contribution in [0.15, 0.2) is 6.20 Å². The largest absolute Gasteiger partial charge is 0.383 e.